The number of primary amides is 1. The maximum absolute atomic E-state index is 11.9. The average Bonchev–Trinajstić information content (AvgIpc) is 2.55. The van der Waals surface area contributed by atoms with Crippen LogP contribution in [0.1, 0.15) is 31.8 Å². The lowest BCUT2D eigenvalue weighted by Gasteiger charge is -2.08. The van der Waals surface area contributed by atoms with Gasteiger partial charge in [0.1, 0.15) is 0 Å². The van der Waals surface area contributed by atoms with Crippen molar-refractivity contribution in [2.45, 2.75) is 13.8 Å². The number of hydrogen-bond donors (Lipinski definition) is 2. The molecule has 0 radical (unpaired) electrons. The molecule has 0 heterocycles. The molecule has 2 aromatic carbocycles. The third-order valence-electron chi connectivity index (χ3n) is 3.53. The Kier molecular flexibility index (Phi) is 5.31. The Morgan fingerprint density at radius 1 is 0.958 bits per heavy atom. The summed E-state index contributed by atoms with van der Waals surface area (Å²) in [7, 11) is 0. The van der Waals surface area contributed by atoms with E-state index in [1.165, 1.54) is 12.1 Å². The molecule has 0 unspecified atom stereocenters. The summed E-state index contributed by atoms with van der Waals surface area (Å²) in [4.78, 5) is 34.7. The fraction of sp³-hybridized carbons (Fsp3) is 0.167. The first kappa shape index (κ1) is 17.2. The summed E-state index contributed by atoms with van der Waals surface area (Å²) in [5.41, 5.74) is 8.41. The van der Waals surface area contributed by atoms with Crippen LogP contribution in [0.5, 0.6) is 0 Å². The maximum Gasteiger partial charge on any atom is 0.338 e. The molecule has 6 nitrogen and oxygen atoms in total. The fourth-order valence-electron chi connectivity index (χ4n) is 2.00. The van der Waals surface area contributed by atoms with Crippen LogP contribution in [0.4, 0.5) is 5.69 Å². The quantitative estimate of drug-likeness (QED) is 0.823. The van der Waals surface area contributed by atoms with Crippen LogP contribution in [0, 0.1) is 13.8 Å². The van der Waals surface area contributed by atoms with Gasteiger partial charge in [-0.2, -0.15) is 0 Å². The Bertz CT molecular complexity index is 782. The normalized spacial score (nSPS) is 10.1. The monoisotopic (exact) mass is 326 g/mol. The Labute approximate surface area is 139 Å². The summed E-state index contributed by atoms with van der Waals surface area (Å²) < 4.78 is 4.99. The largest absolute Gasteiger partial charge is 0.452 e. The number of ether oxygens (including phenoxy) is 1. The predicted molar refractivity (Wildman–Crippen MR) is 89.8 cm³/mol. The summed E-state index contributed by atoms with van der Waals surface area (Å²) in [5.74, 6) is -1.58. The number of esters is 1. The summed E-state index contributed by atoms with van der Waals surface area (Å²) >= 11 is 0. The van der Waals surface area contributed by atoms with Crippen LogP contribution >= 0.6 is 0 Å². The van der Waals surface area contributed by atoms with Gasteiger partial charge in [-0.3, -0.25) is 9.59 Å². The lowest BCUT2D eigenvalue weighted by atomic mass is 10.1. The molecule has 3 N–H and O–H groups in total. The van der Waals surface area contributed by atoms with Gasteiger partial charge >= 0.3 is 5.97 Å². The first-order chi connectivity index (χ1) is 11.4. The number of carbonyl (C=O) groups is 3. The number of nitrogens with two attached hydrogens (primary N) is 1. The highest BCUT2D eigenvalue weighted by atomic mass is 16.5. The second-order valence-electron chi connectivity index (χ2n) is 5.36. The van der Waals surface area contributed by atoms with E-state index in [1.807, 2.05) is 19.9 Å². The number of anilines is 1. The molecule has 24 heavy (non-hydrogen) atoms. The predicted octanol–water partition coefficient (Wildman–Crippen LogP) is 2.20. The molecule has 0 aliphatic heterocycles. The lowest BCUT2D eigenvalue weighted by Crippen LogP contribution is -2.21. The van der Waals surface area contributed by atoms with E-state index in [9.17, 15) is 14.4 Å². The molecule has 0 saturated heterocycles. The molecule has 2 aromatic rings. The number of amides is 2. The van der Waals surface area contributed by atoms with E-state index in [2.05, 4.69) is 5.32 Å². The summed E-state index contributed by atoms with van der Waals surface area (Å²) in [6, 6.07) is 11.3. The Balaban J connectivity index is 1.89. The van der Waals surface area contributed by atoms with Gasteiger partial charge in [-0.25, -0.2) is 4.79 Å². The van der Waals surface area contributed by atoms with Crippen molar-refractivity contribution in [2.75, 3.05) is 11.9 Å². The van der Waals surface area contributed by atoms with E-state index >= 15 is 0 Å². The minimum absolute atomic E-state index is 0.342. The van der Waals surface area contributed by atoms with Gasteiger partial charge in [0.05, 0.1) is 5.56 Å². The zero-order chi connectivity index (χ0) is 17.7. The molecule has 0 spiro atoms. The summed E-state index contributed by atoms with van der Waals surface area (Å²) in [6.07, 6.45) is 0. The molecule has 0 aliphatic rings. The van der Waals surface area contributed by atoms with Gasteiger partial charge in [0.15, 0.2) is 6.61 Å². The third kappa shape index (κ3) is 4.42. The van der Waals surface area contributed by atoms with Crippen molar-refractivity contribution in [1.82, 2.24) is 0 Å². The van der Waals surface area contributed by atoms with Crippen LogP contribution < -0.4 is 11.1 Å². The van der Waals surface area contributed by atoms with Gasteiger partial charge in [0.2, 0.25) is 5.91 Å². The molecule has 0 saturated carbocycles. The molecule has 124 valence electrons. The van der Waals surface area contributed by atoms with Gasteiger partial charge in [0, 0.05) is 11.3 Å². The van der Waals surface area contributed by atoms with Crippen LogP contribution in [0.25, 0.3) is 0 Å². The molecule has 0 fully saturated rings. The molecular formula is C18H18N2O4. The SMILES string of the molecule is Cc1ccc(C(=O)OCC(=O)Nc2ccc(C(N)=O)cc2)cc1C. The molecule has 6 heteroatoms. The molecule has 0 bridgehead atoms. The molecule has 2 rings (SSSR count). The second-order valence-corrected chi connectivity index (χ2v) is 5.36. The lowest BCUT2D eigenvalue weighted by molar-refractivity contribution is -0.119. The van der Waals surface area contributed by atoms with Crippen molar-refractivity contribution in [3.8, 4) is 0 Å². The molecule has 0 atom stereocenters. The van der Waals surface area contributed by atoms with Gasteiger partial charge in [-0.15, -0.1) is 0 Å². The van der Waals surface area contributed by atoms with E-state index in [-0.39, 0.29) is 0 Å². The van der Waals surface area contributed by atoms with E-state index in [4.69, 9.17) is 10.5 Å². The second kappa shape index (κ2) is 7.41. The van der Waals surface area contributed by atoms with E-state index < -0.39 is 24.4 Å². The van der Waals surface area contributed by atoms with Crippen molar-refractivity contribution in [3.63, 3.8) is 0 Å². The number of nitrogens with one attached hydrogen (secondary N) is 1. The number of benzene rings is 2. The average molecular weight is 326 g/mol. The van der Waals surface area contributed by atoms with Crippen molar-refractivity contribution in [3.05, 3.63) is 64.7 Å². The summed E-state index contributed by atoms with van der Waals surface area (Å²) in [5, 5.41) is 2.57. The minimum Gasteiger partial charge on any atom is -0.452 e. The van der Waals surface area contributed by atoms with Crippen LogP contribution in [0.2, 0.25) is 0 Å². The highest BCUT2D eigenvalue weighted by molar-refractivity contribution is 5.96. The van der Waals surface area contributed by atoms with Crippen molar-refractivity contribution >= 4 is 23.5 Å². The van der Waals surface area contributed by atoms with E-state index in [1.54, 1.807) is 24.3 Å². The zero-order valence-electron chi connectivity index (χ0n) is 13.5. The van der Waals surface area contributed by atoms with Crippen molar-refractivity contribution in [1.29, 1.82) is 0 Å². The highest BCUT2D eigenvalue weighted by Gasteiger charge is 2.11. The van der Waals surface area contributed by atoms with E-state index in [0.29, 0.717) is 16.8 Å². The fourth-order valence-corrected chi connectivity index (χ4v) is 2.00. The number of aryl methyl sites for hydroxylation is 2. The van der Waals surface area contributed by atoms with Crippen molar-refractivity contribution < 1.29 is 19.1 Å². The van der Waals surface area contributed by atoms with Gasteiger partial charge < -0.3 is 15.8 Å². The van der Waals surface area contributed by atoms with E-state index in [0.717, 1.165) is 11.1 Å². The van der Waals surface area contributed by atoms with Crippen LogP contribution in [0.3, 0.4) is 0 Å². The van der Waals surface area contributed by atoms with Crippen LogP contribution in [-0.2, 0) is 9.53 Å². The maximum atomic E-state index is 11.9. The Morgan fingerprint density at radius 2 is 1.58 bits per heavy atom. The Hall–Kier alpha value is -3.15. The minimum atomic E-state index is -0.558. The first-order valence-corrected chi connectivity index (χ1v) is 7.31. The Morgan fingerprint density at radius 3 is 2.17 bits per heavy atom. The van der Waals surface area contributed by atoms with Crippen LogP contribution in [0.15, 0.2) is 42.5 Å². The van der Waals surface area contributed by atoms with Gasteiger partial charge in [-0.1, -0.05) is 6.07 Å². The highest BCUT2D eigenvalue weighted by Crippen LogP contribution is 2.11. The topological polar surface area (TPSA) is 98.5 Å². The first-order valence-electron chi connectivity index (χ1n) is 7.31. The number of rotatable bonds is 5. The summed E-state index contributed by atoms with van der Waals surface area (Å²) in [6.45, 7) is 3.44. The number of hydrogen-bond acceptors (Lipinski definition) is 4. The smallest absolute Gasteiger partial charge is 0.338 e. The van der Waals surface area contributed by atoms with Gasteiger partial charge in [-0.05, 0) is 61.4 Å². The molecule has 0 aliphatic carbocycles. The number of carbonyl (C=O) groups excluding carboxylic acids is 3. The van der Waals surface area contributed by atoms with Crippen molar-refractivity contribution in [2.24, 2.45) is 5.73 Å². The zero-order valence-corrected chi connectivity index (χ0v) is 13.5. The molecular weight excluding hydrogens is 308 g/mol. The molecule has 2 amide bonds. The van der Waals surface area contributed by atoms with Gasteiger partial charge in [0.25, 0.3) is 5.91 Å². The molecule has 0 aromatic heterocycles. The van der Waals surface area contributed by atoms with Crippen LogP contribution in [-0.4, -0.2) is 24.4 Å². The standard InChI is InChI=1S/C18H18N2O4/c1-11-3-4-14(9-12(11)2)18(23)24-10-16(21)20-15-7-5-13(6-8-15)17(19)22/h3-9H,10H2,1-2H3,(H2,19,22)(H,20,21). The third-order valence-corrected chi connectivity index (χ3v) is 3.53.